The van der Waals surface area contributed by atoms with E-state index in [1.807, 2.05) is 13.1 Å². The highest BCUT2D eigenvalue weighted by Crippen LogP contribution is 2.79. The first kappa shape index (κ1) is 14.7. The van der Waals surface area contributed by atoms with Crippen LogP contribution in [0.2, 0.25) is 0 Å². The Morgan fingerprint density at radius 3 is 2.69 bits per heavy atom. The van der Waals surface area contributed by atoms with Crippen LogP contribution in [-0.2, 0) is 11.8 Å². The van der Waals surface area contributed by atoms with Gasteiger partial charge < -0.3 is 10.4 Å². The third-order valence-electron chi connectivity index (χ3n) is 7.33. The van der Waals surface area contributed by atoms with Crippen molar-refractivity contribution in [3.05, 3.63) is 23.5 Å². The minimum absolute atomic E-state index is 0.184. The van der Waals surface area contributed by atoms with Gasteiger partial charge in [0.2, 0.25) is 0 Å². The molecule has 2 aromatic rings. The van der Waals surface area contributed by atoms with Gasteiger partial charge in [-0.2, -0.15) is 5.10 Å². The van der Waals surface area contributed by atoms with Crippen LogP contribution in [0.3, 0.4) is 0 Å². The first-order valence-corrected chi connectivity index (χ1v) is 9.38. The van der Waals surface area contributed by atoms with Crippen molar-refractivity contribution in [3.63, 3.8) is 0 Å². The summed E-state index contributed by atoms with van der Waals surface area (Å²) in [5.74, 6) is 0.327. The van der Waals surface area contributed by atoms with Gasteiger partial charge in [-0.05, 0) is 49.5 Å². The average Bonchev–Trinajstić information content (AvgIpc) is 3.39. The molecule has 5 aliphatic carbocycles. The molecule has 5 fully saturated rings. The SMILES string of the molecule is Cn1ncc2c(C(=O)NC3C4CC5C(C4)C53C(=O)O)cc(C3CC3)nc21. The molecule has 26 heavy (non-hydrogen) atoms. The quantitative estimate of drug-likeness (QED) is 0.873. The van der Waals surface area contributed by atoms with Crippen molar-refractivity contribution in [2.45, 2.75) is 37.6 Å². The second-order valence-electron chi connectivity index (χ2n) is 8.51. The number of aryl methyl sites for hydroxylation is 1. The summed E-state index contributed by atoms with van der Waals surface area (Å²) in [5.41, 5.74) is 1.53. The molecule has 2 aromatic heterocycles. The molecule has 0 aliphatic heterocycles. The van der Waals surface area contributed by atoms with E-state index in [1.165, 1.54) is 0 Å². The summed E-state index contributed by atoms with van der Waals surface area (Å²) < 4.78 is 1.69. The normalized spacial score (nSPS) is 36.5. The molecule has 2 N–H and O–H groups in total. The molecule has 7 rings (SSSR count). The summed E-state index contributed by atoms with van der Waals surface area (Å²) in [5, 5.41) is 17.9. The van der Waals surface area contributed by atoms with Crippen LogP contribution in [-0.4, -0.2) is 37.8 Å². The van der Waals surface area contributed by atoms with Crippen LogP contribution in [0.4, 0.5) is 0 Å². The highest BCUT2D eigenvalue weighted by atomic mass is 16.4. The second kappa shape index (κ2) is 4.45. The predicted octanol–water partition coefficient (Wildman–Crippen LogP) is 1.68. The lowest BCUT2D eigenvalue weighted by Crippen LogP contribution is -2.44. The Labute approximate surface area is 149 Å². The fourth-order valence-corrected chi connectivity index (χ4v) is 5.97. The number of amides is 1. The monoisotopic (exact) mass is 352 g/mol. The Morgan fingerprint density at radius 2 is 2.04 bits per heavy atom. The van der Waals surface area contributed by atoms with E-state index < -0.39 is 11.4 Å². The summed E-state index contributed by atoms with van der Waals surface area (Å²) in [4.78, 5) is 29.8. The van der Waals surface area contributed by atoms with Gasteiger partial charge in [0.25, 0.3) is 5.91 Å². The first-order valence-electron chi connectivity index (χ1n) is 9.38. The molecule has 0 saturated heterocycles. The van der Waals surface area contributed by atoms with Crippen molar-refractivity contribution < 1.29 is 14.7 Å². The number of hydrogen-bond acceptors (Lipinski definition) is 4. The van der Waals surface area contributed by atoms with Crippen molar-refractivity contribution in [1.82, 2.24) is 20.1 Å². The van der Waals surface area contributed by atoms with Gasteiger partial charge >= 0.3 is 5.97 Å². The van der Waals surface area contributed by atoms with Crippen LogP contribution in [0.1, 0.15) is 47.7 Å². The largest absolute Gasteiger partial charge is 0.481 e. The summed E-state index contributed by atoms with van der Waals surface area (Å²) in [6.07, 6.45) is 5.76. The number of nitrogens with one attached hydrogen (secondary N) is 1. The van der Waals surface area contributed by atoms with Gasteiger partial charge in [0.1, 0.15) is 0 Å². The number of nitrogens with zero attached hydrogens (tertiary/aromatic N) is 3. The van der Waals surface area contributed by atoms with Crippen LogP contribution in [0.25, 0.3) is 11.0 Å². The number of carbonyl (C=O) groups is 2. The van der Waals surface area contributed by atoms with E-state index in [4.69, 9.17) is 0 Å². The fraction of sp³-hybridized carbons (Fsp3) is 0.579. The molecule has 134 valence electrons. The van der Waals surface area contributed by atoms with Gasteiger partial charge in [0.15, 0.2) is 5.65 Å². The van der Waals surface area contributed by atoms with E-state index in [9.17, 15) is 14.7 Å². The first-order chi connectivity index (χ1) is 12.5. The summed E-state index contributed by atoms with van der Waals surface area (Å²) >= 11 is 0. The molecular weight excluding hydrogens is 332 g/mol. The molecule has 5 saturated carbocycles. The lowest BCUT2D eigenvalue weighted by atomic mass is 9.96. The standard InChI is InChI=1S/C19H20N4O3/c1-23-16-11(7-20-23)10(6-14(21-16)8-2-3-8)17(24)22-15-9-4-12-13(5-9)19(12,15)18(25)26/h6-9,12-13,15H,2-5H2,1H3,(H,22,24)(H,25,26). The average molecular weight is 352 g/mol. The fourth-order valence-electron chi connectivity index (χ4n) is 5.97. The number of aliphatic carboxylic acids is 1. The third kappa shape index (κ3) is 1.60. The summed E-state index contributed by atoms with van der Waals surface area (Å²) in [7, 11) is 1.83. The van der Waals surface area contributed by atoms with E-state index in [1.54, 1.807) is 10.9 Å². The van der Waals surface area contributed by atoms with Crippen molar-refractivity contribution in [2.75, 3.05) is 0 Å². The maximum absolute atomic E-state index is 13.1. The number of carbonyl (C=O) groups excluding carboxylic acids is 1. The van der Waals surface area contributed by atoms with E-state index >= 15 is 0 Å². The molecular formula is C19H20N4O3. The Balaban J connectivity index is 1.39. The van der Waals surface area contributed by atoms with Crippen LogP contribution in [0.5, 0.6) is 0 Å². The minimum Gasteiger partial charge on any atom is -0.481 e. The highest BCUT2D eigenvalue weighted by Gasteiger charge is 2.83. The van der Waals surface area contributed by atoms with Crippen molar-refractivity contribution in [1.29, 1.82) is 0 Å². The maximum atomic E-state index is 13.1. The van der Waals surface area contributed by atoms with Crippen molar-refractivity contribution in [3.8, 4) is 0 Å². The number of carboxylic acid groups (broad SMARTS) is 1. The number of rotatable bonds is 4. The molecule has 7 heteroatoms. The molecule has 5 aliphatic rings. The van der Waals surface area contributed by atoms with Crippen LogP contribution in [0.15, 0.2) is 12.3 Å². The molecule has 1 amide bonds. The third-order valence-corrected chi connectivity index (χ3v) is 7.33. The van der Waals surface area contributed by atoms with E-state index in [0.717, 1.165) is 36.8 Å². The van der Waals surface area contributed by atoms with Gasteiger partial charge in [0.05, 0.1) is 22.6 Å². The molecule has 2 heterocycles. The van der Waals surface area contributed by atoms with Crippen LogP contribution in [0, 0.1) is 23.2 Å². The Hall–Kier alpha value is -2.44. The molecule has 4 bridgehead atoms. The predicted molar refractivity (Wildman–Crippen MR) is 91.5 cm³/mol. The topological polar surface area (TPSA) is 97.1 Å². The molecule has 3 unspecified atom stereocenters. The zero-order chi connectivity index (χ0) is 17.8. The van der Waals surface area contributed by atoms with Gasteiger partial charge in [-0.25, -0.2) is 4.98 Å². The highest BCUT2D eigenvalue weighted by molar-refractivity contribution is 6.06. The van der Waals surface area contributed by atoms with Gasteiger partial charge in [0, 0.05) is 24.7 Å². The number of pyridine rings is 1. The van der Waals surface area contributed by atoms with Gasteiger partial charge in [-0.3, -0.25) is 14.3 Å². The van der Waals surface area contributed by atoms with Crippen LogP contribution >= 0.6 is 0 Å². The number of aromatic nitrogens is 3. The zero-order valence-corrected chi connectivity index (χ0v) is 14.5. The molecule has 7 nitrogen and oxygen atoms in total. The molecule has 0 spiro atoms. The second-order valence-corrected chi connectivity index (χ2v) is 8.51. The van der Waals surface area contributed by atoms with Gasteiger partial charge in [-0.1, -0.05) is 0 Å². The Morgan fingerprint density at radius 1 is 1.31 bits per heavy atom. The number of carboxylic acids is 1. The van der Waals surface area contributed by atoms with E-state index in [-0.39, 0.29) is 23.8 Å². The van der Waals surface area contributed by atoms with Crippen LogP contribution < -0.4 is 5.32 Å². The van der Waals surface area contributed by atoms with E-state index in [0.29, 0.717) is 23.0 Å². The Kier molecular flexibility index (Phi) is 2.51. The Bertz CT molecular complexity index is 980. The molecule has 3 atom stereocenters. The molecule has 0 aromatic carbocycles. The number of fused-ring (bicyclic) bond motifs is 1. The maximum Gasteiger partial charge on any atom is 0.312 e. The van der Waals surface area contributed by atoms with Crippen molar-refractivity contribution >= 4 is 22.9 Å². The number of hydrogen-bond donors (Lipinski definition) is 2. The minimum atomic E-state index is -0.738. The lowest BCUT2D eigenvalue weighted by Gasteiger charge is -2.22. The summed E-state index contributed by atoms with van der Waals surface area (Å²) in [6.45, 7) is 0. The smallest absolute Gasteiger partial charge is 0.312 e. The van der Waals surface area contributed by atoms with E-state index in [2.05, 4.69) is 15.4 Å². The van der Waals surface area contributed by atoms with Crippen molar-refractivity contribution in [2.24, 2.45) is 30.2 Å². The molecule has 0 radical (unpaired) electrons. The summed E-state index contributed by atoms with van der Waals surface area (Å²) in [6, 6.07) is 1.64. The lowest BCUT2D eigenvalue weighted by molar-refractivity contribution is -0.144. The van der Waals surface area contributed by atoms with Gasteiger partial charge in [-0.15, -0.1) is 0 Å². The zero-order valence-electron chi connectivity index (χ0n) is 14.5.